The molecule has 0 saturated heterocycles. The second kappa shape index (κ2) is 6.86. The Kier molecular flexibility index (Phi) is 4.82. The molecule has 7 heteroatoms. The first-order valence-corrected chi connectivity index (χ1v) is 8.98. The Bertz CT molecular complexity index is 876. The van der Waals surface area contributed by atoms with Gasteiger partial charge in [0.1, 0.15) is 12.1 Å². The summed E-state index contributed by atoms with van der Waals surface area (Å²) in [5.74, 6) is 0.817. The van der Waals surface area contributed by atoms with Crippen LogP contribution in [0.2, 0.25) is 0 Å². The molecule has 0 spiro atoms. The Morgan fingerprint density at radius 3 is 2.54 bits per heavy atom. The Labute approximate surface area is 153 Å². The van der Waals surface area contributed by atoms with Crippen molar-refractivity contribution in [2.75, 3.05) is 32.6 Å². The molecule has 0 fully saturated rings. The summed E-state index contributed by atoms with van der Waals surface area (Å²) in [6.45, 7) is 0.282. The Balaban J connectivity index is 1.98. The Hall–Kier alpha value is -1.99. The third-order valence-corrected chi connectivity index (χ3v) is 5.35. The summed E-state index contributed by atoms with van der Waals surface area (Å²) in [5, 5.41) is 0. The van der Waals surface area contributed by atoms with Crippen molar-refractivity contribution in [1.29, 1.82) is 0 Å². The number of carbonyl (C=O) groups excluding carboxylic acids is 1. The zero-order valence-corrected chi connectivity index (χ0v) is 16.1. The first kappa shape index (κ1) is 16.9. The molecule has 0 bridgehead atoms. The van der Waals surface area contributed by atoms with Crippen LogP contribution in [0.3, 0.4) is 0 Å². The summed E-state index contributed by atoms with van der Waals surface area (Å²) in [7, 11) is 5.38. The van der Waals surface area contributed by atoms with E-state index in [-0.39, 0.29) is 12.5 Å². The molecule has 0 saturated carbocycles. The van der Waals surface area contributed by atoms with Crippen LogP contribution >= 0.6 is 27.3 Å². The molecule has 5 nitrogen and oxygen atoms in total. The summed E-state index contributed by atoms with van der Waals surface area (Å²) >= 11 is 5.10. The predicted molar refractivity (Wildman–Crippen MR) is 103 cm³/mol. The number of amides is 1. The lowest BCUT2D eigenvalue weighted by molar-refractivity contribution is -0.127. The SMILES string of the molecule is CN(C)C(=O)CN(C)c1ncnc2cc(-c3ccc(Br)cc3)sc12. The standard InChI is InChI=1S/C17H17BrN4OS/c1-21(2)15(23)9-22(3)17-16-13(19-10-20-17)8-14(24-16)11-4-6-12(18)7-5-11/h4-8,10H,9H2,1-3H3. The fourth-order valence-electron chi connectivity index (χ4n) is 2.29. The molecule has 1 amide bonds. The van der Waals surface area contributed by atoms with Gasteiger partial charge in [-0.2, -0.15) is 0 Å². The quantitative estimate of drug-likeness (QED) is 0.665. The van der Waals surface area contributed by atoms with Crippen molar-refractivity contribution in [2.24, 2.45) is 0 Å². The molecule has 0 unspecified atom stereocenters. The van der Waals surface area contributed by atoms with Gasteiger partial charge in [-0.15, -0.1) is 11.3 Å². The highest BCUT2D eigenvalue weighted by molar-refractivity contribution is 9.10. The highest BCUT2D eigenvalue weighted by Crippen LogP contribution is 2.36. The summed E-state index contributed by atoms with van der Waals surface area (Å²) in [4.78, 5) is 25.3. The second-order valence-electron chi connectivity index (χ2n) is 5.67. The van der Waals surface area contributed by atoms with Gasteiger partial charge in [-0.3, -0.25) is 4.79 Å². The largest absolute Gasteiger partial charge is 0.349 e. The number of fused-ring (bicyclic) bond motifs is 1. The lowest BCUT2D eigenvalue weighted by Gasteiger charge is -2.20. The Morgan fingerprint density at radius 1 is 1.17 bits per heavy atom. The molecule has 0 radical (unpaired) electrons. The van der Waals surface area contributed by atoms with E-state index in [9.17, 15) is 4.79 Å². The second-order valence-corrected chi connectivity index (χ2v) is 7.64. The van der Waals surface area contributed by atoms with Crippen LogP contribution in [0.4, 0.5) is 5.82 Å². The number of thiophene rings is 1. The molecular weight excluding hydrogens is 388 g/mol. The third-order valence-electron chi connectivity index (χ3n) is 3.65. The number of nitrogens with zero attached hydrogens (tertiary/aromatic N) is 4. The normalized spacial score (nSPS) is 10.8. The molecule has 0 aliphatic rings. The van der Waals surface area contributed by atoms with Gasteiger partial charge in [-0.25, -0.2) is 9.97 Å². The molecule has 3 aromatic rings. The molecule has 0 N–H and O–H groups in total. The van der Waals surface area contributed by atoms with Crippen molar-refractivity contribution in [3.8, 4) is 10.4 Å². The van der Waals surface area contributed by atoms with Crippen molar-refractivity contribution in [3.05, 3.63) is 41.1 Å². The first-order chi connectivity index (χ1) is 11.5. The van der Waals surface area contributed by atoms with Crippen LogP contribution in [0.15, 0.2) is 41.1 Å². The van der Waals surface area contributed by atoms with Crippen molar-refractivity contribution in [1.82, 2.24) is 14.9 Å². The van der Waals surface area contributed by atoms with Crippen LogP contribution < -0.4 is 4.90 Å². The number of rotatable bonds is 4. The van der Waals surface area contributed by atoms with E-state index in [4.69, 9.17) is 0 Å². The molecule has 0 atom stereocenters. The van der Waals surface area contributed by atoms with Crippen molar-refractivity contribution >= 4 is 49.2 Å². The van der Waals surface area contributed by atoms with E-state index < -0.39 is 0 Å². The van der Waals surface area contributed by atoms with E-state index >= 15 is 0 Å². The third kappa shape index (κ3) is 3.42. The van der Waals surface area contributed by atoms with Gasteiger partial charge in [0, 0.05) is 30.5 Å². The smallest absolute Gasteiger partial charge is 0.241 e. The fraction of sp³-hybridized carbons (Fsp3) is 0.235. The number of halogens is 1. The van der Waals surface area contributed by atoms with Crippen LogP contribution in [0.1, 0.15) is 0 Å². The topological polar surface area (TPSA) is 49.3 Å². The van der Waals surface area contributed by atoms with Crippen LogP contribution in [-0.4, -0.2) is 48.5 Å². The van der Waals surface area contributed by atoms with Crippen LogP contribution in [0, 0.1) is 0 Å². The van der Waals surface area contributed by atoms with Gasteiger partial charge in [0.15, 0.2) is 0 Å². The molecular formula is C17H17BrN4OS. The zero-order chi connectivity index (χ0) is 17.3. The molecule has 3 rings (SSSR count). The molecule has 24 heavy (non-hydrogen) atoms. The Morgan fingerprint density at radius 2 is 1.88 bits per heavy atom. The average Bonchev–Trinajstić information content (AvgIpc) is 2.99. The maximum absolute atomic E-state index is 12.0. The molecule has 1 aromatic carbocycles. The van der Waals surface area contributed by atoms with E-state index in [0.717, 1.165) is 30.9 Å². The van der Waals surface area contributed by atoms with Gasteiger partial charge in [-0.05, 0) is 23.8 Å². The summed E-state index contributed by atoms with van der Waals surface area (Å²) in [6.07, 6.45) is 1.55. The zero-order valence-electron chi connectivity index (χ0n) is 13.7. The lowest BCUT2D eigenvalue weighted by atomic mass is 10.2. The fourth-order valence-corrected chi connectivity index (χ4v) is 3.71. The van der Waals surface area contributed by atoms with Crippen molar-refractivity contribution in [3.63, 3.8) is 0 Å². The van der Waals surface area contributed by atoms with Crippen LogP contribution in [0.5, 0.6) is 0 Å². The van der Waals surface area contributed by atoms with Crippen molar-refractivity contribution in [2.45, 2.75) is 0 Å². The lowest BCUT2D eigenvalue weighted by Crippen LogP contribution is -2.34. The minimum atomic E-state index is 0.0361. The molecule has 124 valence electrons. The molecule has 2 aromatic heterocycles. The predicted octanol–water partition coefficient (Wildman–Crippen LogP) is 3.65. The minimum absolute atomic E-state index is 0.0361. The number of hydrogen-bond donors (Lipinski definition) is 0. The molecule has 2 heterocycles. The maximum atomic E-state index is 12.0. The van der Waals surface area contributed by atoms with E-state index in [1.165, 1.54) is 0 Å². The number of carbonyl (C=O) groups is 1. The van der Waals surface area contributed by atoms with E-state index in [1.807, 2.05) is 24.1 Å². The monoisotopic (exact) mass is 404 g/mol. The number of likely N-dealkylation sites (N-methyl/N-ethyl adjacent to an activating group) is 2. The van der Waals surface area contributed by atoms with E-state index in [1.54, 1.807) is 36.7 Å². The van der Waals surface area contributed by atoms with Crippen LogP contribution in [-0.2, 0) is 4.79 Å². The highest BCUT2D eigenvalue weighted by Gasteiger charge is 2.16. The molecule has 0 aliphatic heterocycles. The summed E-state index contributed by atoms with van der Waals surface area (Å²) < 4.78 is 2.04. The van der Waals surface area contributed by atoms with Gasteiger partial charge < -0.3 is 9.80 Å². The van der Waals surface area contributed by atoms with Crippen LogP contribution in [0.25, 0.3) is 20.7 Å². The summed E-state index contributed by atoms with van der Waals surface area (Å²) in [5.41, 5.74) is 2.03. The molecule has 0 aliphatic carbocycles. The van der Waals surface area contributed by atoms with Gasteiger partial charge in [0.2, 0.25) is 5.91 Å². The first-order valence-electron chi connectivity index (χ1n) is 7.37. The van der Waals surface area contributed by atoms with E-state index in [2.05, 4.69) is 44.1 Å². The number of anilines is 1. The highest BCUT2D eigenvalue weighted by atomic mass is 79.9. The van der Waals surface area contributed by atoms with E-state index in [0.29, 0.717) is 0 Å². The number of aromatic nitrogens is 2. The number of hydrogen-bond acceptors (Lipinski definition) is 5. The van der Waals surface area contributed by atoms with Gasteiger partial charge in [0.25, 0.3) is 0 Å². The minimum Gasteiger partial charge on any atom is -0.349 e. The number of benzene rings is 1. The average molecular weight is 405 g/mol. The van der Waals surface area contributed by atoms with Gasteiger partial charge in [-0.1, -0.05) is 28.1 Å². The maximum Gasteiger partial charge on any atom is 0.241 e. The van der Waals surface area contributed by atoms with Gasteiger partial charge >= 0.3 is 0 Å². The van der Waals surface area contributed by atoms with Gasteiger partial charge in [0.05, 0.1) is 16.8 Å². The summed E-state index contributed by atoms with van der Waals surface area (Å²) in [6, 6.07) is 10.3. The van der Waals surface area contributed by atoms with Crippen molar-refractivity contribution < 1.29 is 4.79 Å².